The number of fused-ring (bicyclic) bond motifs is 2. The van der Waals surface area contributed by atoms with Crippen LogP contribution >= 0.6 is 0 Å². The van der Waals surface area contributed by atoms with Crippen LogP contribution in [-0.2, 0) is 33.9 Å². The molecule has 14 heteroatoms. The zero-order chi connectivity index (χ0) is 32.4. The fraction of sp³-hybridized carbons (Fsp3) is 0.581. The van der Waals surface area contributed by atoms with Crippen molar-refractivity contribution in [2.24, 2.45) is 17.8 Å². The predicted octanol–water partition coefficient (Wildman–Crippen LogP) is 2.49. The molecule has 5 atom stereocenters. The van der Waals surface area contributed by atoms with Crippen LogP contribution in [0.5, 0.6) is 0 Å². The summed E-state index contributed by atoms with van der Waals surface area (Å²) in [4.78, 5) is 67.6. The Morgan fingerprint density at radius 2 is 1.82 bits per heavy atom. The number of sulfonamides is 1. The van der Waals surface area contributed by atoms with Gasteiger partial charge in [-0.15, -0.1) is 0 Å². The fourth-order valence-electron chi connectivity index (χ4n) is 6.16. The zero-order valence-corrected chi connectivity index (χ0v) is 26.3. The van der Waals surface area contributed by atoms with Crippen molar-refractivity contribution >= 4 is 45.5 Å². The normalized spacial score (nSPS) is 29.2. The lowest BCUT2D eigenvalue weighted by Gasteiger charge is -2.26. The SMILES string of the molecule is CCOC(=O)c1ccccc1NC(=O)OC1CC2C(=O)NC3(C(=O)NS(=O)(=O)C4CC4)CC3/C=C/CCCCN(C)C(=O)C2C1. The van der Waals surface area contributed by atoms with Crippen LogP contribution in [0.4, 0.5) is 10.5 Å². The second-order valence-electron chi connectivity index (χ2n) is 12.2. The lowest BCUT2D eigenvalue weighted by Crippen LogP contribution is -2.54. The first-order valence-electron chi connectivity index (χ1n) is 15.5. The molecule has 5 rings (SSSR count). The van der Waals surface area contributed by atoms with E-state index < -0.39 is 68.5 Å². The highest BCUT2D eigenvalue weighted by molar-refractivity contribution is 7.91. The van der Waals surface area contributed by atoms with Gasteiger partial charge in [0.1, 0.15) is 11.6 Å². The number of para-hydroxylation sites is 1. The van der Waals surface area contributed by atoms with Crippen molar-refractivity contribution < 1.29 is 41.9 Å². The maximum absolute atomic E-state index is 13.8. The zero-order valence-electron chi connectivity index (χ0n) is 25.5. The van der Waals surface area contributed by atoms with E-state index in [0.29, 0.717) is 25.8 Å². The molecular formula is C31H40N4O9S. The van der Waals surface area contributed by atoms with E-state index in [-0.39, 0.29) is 43.0 Å². The van der Waals surface area contributed by atoms with Gasteiger partial charge in [-0.3, -0.25) is 24.4 Å². The van der Waals surface area contributed by atoms with Crippen molar-refractivity contribution in [1.29, 1.82) is 0 Å². The minimum Gasteiger partial charge on any atom is -0.462 e. The van der Waals surface area contributed by atoms with E-state index in [4.69, 9.17) is 9.47 Å². The number of nitrogens with zero attached hydrogens (tertiary/aromatic N) is 1. The number of allylic oxidation sites excluding steroid dienone is 1. The Bertz CT molecular complexity index is 1490. The molecule has 0 aromatic heterocycles. The van der Waals surface area contributed by atoms with Crippen molar-refractivity contribution in [2.75, 3.05) is 25.5 Å². The van der Waals surface area contributed by atoms with Crippen LogP contribution in [0.2, 0.25) is 0 Å². The molecule has 0 bridgehead atoms. The maximum Gasteiger partial charge on any atom is 0.411 e. The third-order valence-corrected chi connectivity index (χ3v) is 10.7. The third kappa shape index (κ3) is 7.32. The van der Waals surface area contributed by atoms with E-state index in [9.17, 15) is 32.4 Å². The number of hydrogen-bond acceptors (Lipinski definition) is 9. The number of hydrogen-bond donors (Lipinski definition) is 3. The van der Waals surface area contributed by atoms with Crippen molar-refractivity contribution in [2.45, 2.75) is 75.2 Å². The van der Waals surface area contributed by atoms with Crippen molar-refractivity contribution in [3.8, 4) is 0 Å². The number of carbonyl (C=O) groups is 5. The van der Waals surface area contributed by atoms with Crippen LogP contribution in [0.15, 0.2) is 36.4 Å². The molecule has 244 valence electrons. The fourth-order valence-corrected chi connectivity index (χ4v) is 7.53. The minimum absolute atomic E-state index is 0.0155. The molecule has 3 N–H and O–H groups in total. The Labute approximate surface area is 262 Å². The second-order valence-corrected chi connectivity index (χ2v) is 14.2. The van der Waals surface area contributed by atoms with Crippen LogP contribution in [0.1, 0.15) is 68.6 Å². The molecule has 3 aliphatic carbocycles. The van der Waals surface area contributed by atoms with Gasteiger partial charge in [-0.25, -0.2) is 18.0 Å². The molecule has 0 spiro atoms. The second kappa shape index (κ2) is 13.2. The quantitative estimate of drug-likeness (QED) is 0.297. The first-order chi connectivity index (χ1) is 21.4. The van der Waals surface area contributed by atoms with E-state index in [0.717, 1.165) is 12.8 Å². The summed E-state index contributed by atoms with van der Waals surface area (Å²) in [6.45, 7) is 2.31. The van der Waals surface area contributed by atoms with Crippen LogP contribution < -0.4 is 15.4 Å². The molecule has 0 radical (unpaired) electrons. The number of benzene rings is 1. The predicted molar refractivity (Wildman–Crippen MR) is 162 cm³/mol. The molecule has 5 unspecified atom stereocenters. The van der Waals surface area contributed by atoms with Crippen LogP contribution in [0.3, 0.4) is 0 Å². The number of ether oxygens (including phenoxy) is 2. The summed E-state index contributed by atoms with van der Waals surface area (Å²) in [6, 6.07) is 6.30. The van der Waals surface area contributed by atoms with Crippen molar-refractivity contribution in [1.82, 2.24) is 14.9 Å². The summed E-state index contributed by atoms with van der Waals surface area (Å²) in [7, 11) is -2.18. The Balaban J connectivity index is 1.33. The van der Waals surface area contributed by atoms with Gasteiger partial charge < -0.3 is 19.7 Å². The molecule has 0 saturated heterocycles. The molecular weight excluding hydrogens is 604 g/mol. The van der Waals surface area contributed by atoms with Gasteiger partial charge in [-0.1, -0.05) is 24.3 Å². The molecule has 1 aromatic carbocycles. The third-order valence-electron chi connectivity index (χ3n) is 8.93. The van der Waals surface area contributed by atoms with E-state index in [1.165, 1.54) is 12.1 Å². The minimum atomic E-state index is -3.85. The van der Waals surface area contributed by atoms with Gasteiger partial charge in [-0.05, 0) is 70.4 Å². The van der Waals surface area contributed by atoms with Crippen LogP contribution in [0, 0.1) is 17.8 Å². The van der Waals surface area contributed by atoms with Gasteiger partial charge in [0.05, 0.1) is 34.9 Å². The number of anilines is 1. The highest BCUT2D eigenvalue weighted by Crippen LogP contribution is 2.47. The summed E-state index contributed by atoms with van der Waals surface area (Å²) in [6.07, 6.45) is 5.62. The maximum atomic E-state index is 13.8. The molecule has 45 heavy (non-hydrogen) atoms. The molecule has 1 aromatic rings. The summed E-state index contributed by atoms with van der Waals surface area (Å²) >= 11 is 0. The van der Waals surface area contributed by atoms with E-state index >= 15 is 0 Å². The van der Waals surface area contributed by atoms with Crippen molar-refractivity contribution in [3.05, 3.63) is 42.0 Å². The van der Waals surface area contributed by atoms with E-state index in [1.807, 2.05) is 12.2 Å². The van der Waals surface area contributed by atoms with Gasteiger partial charge in [0.25, 0.3) is 5.91 Å². The molecule has 4 amide bonds. The Morgan fingerprint density at radius 3 is 2.56 bits per heavy atom. The molecule has 3 saturated carbocycles. The van der Waals surface area contributed by atoms with Gasteiger partial charge in [0.2, 0.25) is 21.8 Å². The number of carbonyl (C=O) groups excluding carboxylic acids is 5. The summed E-state index contributed by atoms with van der Waals surface area (Å²) in [5, 5.41) is 4.76. The number of rotatable bonds is 7. The van der Waals surface area contributed by atoms with Gasteiger partial charge >= 0.3 is 12.1 Å². The summed E-state index contributed by atoms with van der Waals surface area (Å²) < 4.78 is 38.1. The summed E-state index contributed by atoms with van der Waals surface area (Å²) in [5.41, 5.74) is -1.12. The molecule has 1 aliphatic heterocycles. The standard InChI is InChI=1S/C31H40N4O9S/c1-3-43-28(38)22-11-7-8-12-25(22)32-30(40)44-20-16-23-24(17-20)27(37)35(2)15-9-5-4-6-10-19-18-31(19,33-26(23)36)29(39)34-45(41,42)21-13-14-21/h6-8,10-12,19-21,23-24H,3-5,9,13-18H2,1-2H3,(H,32,40)(H,33,36)(H,34,39)/b10-6+. The monoisotopic (exact) mass is 644 g/mol. The average Bonchev–Trinajstić information content (AvgIpc) is 3.91. The Hall–Kier alpha value is -3.94. The Morgan fingerprint density at radius 1 is 1.09 bits per heavy atom. The highest BCUT2D eigenvalue weighted by Gasteiger charge is 2.62. The first kappa shape index (κ1) is 32.5. The number of nitrogens with one attached hydrogen (secondary N) is 3. The average molecular weight is 645 g/mol. The largest absolute Gasteiger partial charge is 0.462 e. The lowest BCUT2D eigenvalue weighted by atomic mass is 9.93. The van der Waals surface area contributed by atoms with Gasteiger partial charge in [0.15, 0.2) is 0 Å². The van der Waals surface area contributed by atoms with Crippen molar-refractivity contribution in [3.63, 3.8) is 0 Å². The molecule has 13 nitrogen and oxygen atoms in total. The molecule has 4 aliphatic rings. The highest BCUT2D eigenvalue weighted by atomic mass is 32.2. The molecule has 1 heterocycles. The first-order valence-corrected chi connectivity index (χ1v) is 17.0. The summed E-state index contributed by atoms with van der Waals surface area (Å²) in [5.74, 6) is -4.39. The van der Waals surface area contributed by atoms with Gasteiger partial charge in [0, 0.05) is 19.5 Å². The van der Waals surface area contributed by atoms with Crippen LogP contribution in [-0.4, -0.2) is 80.2 Å². The topological polar surface area (TPSA) is 177 Å². The molecule has 3 fully saturated rings. The number of amides is 4. The van der Waals surface area contributed by atoms with Crippen LogP contribution in [0.25, 0.3) is 0 Å². The number of esters is 1. The van der Waals surface area contributed by atoms with E-state index in [1.54, 1.807) is 31.0 Å². The smallest absolute Gasteiger partial charge is 0.411 e. The Kier molecular flexibility index (Phi) is 9.52. The van der Waals surface area contributed by atoms with Gasteiger partial charge in [-0.2, -0.15) is 0 Å². The lowest BCUT2D eigenvalue weighted by molar-refractivity contribution is -0.140. The van der Waals surface area contributed by atoms with E-state index in [2.05, 4.69) is 15.4 Å².